The van der Waals surface area contributed by atoms with Crippen LogP contribution in [0.25, 0.3) is 0 Å². The Morgan fingerprint density at radius 3 is 2.17 bits per heavy atom. The van der Waals surface area contributed by atoms with Crippen LogP contribution in [0.4, 0.5) is 0 Å². The number of rotatable bonds is 1. The Kier molecular flexibility index (Phi) is 3.17. The predicted molar refractivity (Wildman–Crippen MR) is 24.6 cm³/mol. The summed E-state index contributed by atoms with van der Waals surface area (Å²) in [5.41, 5.74) is 0. The Morgan fingerprint density at radius 2 is 2.17 bits per heavy atom. The van der Waals surface area contributed by atoms with Gasteiger partial charge < -0.3 is 0 Å². The molecule has 6 heavy (non-hydrogen) atoms. The van der Waals surface area contributed by atoms with E-state index in [4.69, 9.17) is 11.6 Å². The van der Waals surface area contributed by atoms with Gasteiger partial charge in [-0.1, -0.05) is 0 Å². The highest BCUT2D eigenvalue weighted by molar-refractivity contribution is 7.71. The van der Waals surface area contributed by atoms with Crippen LogP contribution in [0.2, 0.25) is 0 Å². The molecule has 0 amide bonds. The highest BCUT2D eigenvalue weighted by Crippen LogP contribution is 1.60. The number of alkyl halides is 1. The second-order valence-electron chi connectivity index (χ2n) is 0.513. The lowest BCUT2D eigenvalue weighted by atomic mass is 11.0. The third-order valence-electron chi connectivity index (χ3n) is 0.172. The van der Waals surface area contributed by atoms with Gasteiger partial charge in [0.1, 0.15) is 5.37 Å². The molecule has 0 aromatic heterocycles. The van der Waals surface area contributed by atoms with Crippen LogP contribution in [0.15, 0.2) is 0 Å². The number of halogens is 1. The van der Waals surface area contributed by atoms with Gasteiger partial charge in [-0.2, -0.15) is 8.42 Å². The predicted octanol–water partition coefficient (Wildman–Crippen LogP) is -0.216. The Balaban J connectivity index is 3.78. The van der Waals surface area contributed by atoms with Crippen LogP contribution in [-0.4, -0.2) is 19.7 Å². The van der Waals surface area contributed by atoms with Crippen molar-refractivity contribution in [3.63, 3.8) is 0 Å². The van der Waals surface area contributed by atoms with Gasteiger partial charge in [0.15, 0.2) is 0 Å². The molecule has 0 spiro atoms. The van der Waals surface area contributed by atoms with Gasteiger partial charge in [-0.25, -0.2) is 0 Å². The van der Waals surface area contributed by atoms with E-state index in [1.54, 1.807) is 0 Å². The van der Waals surface area contributed by atoms with E-state index < -0.39 is 10.3 Å². The molecule has 0 aliphatic heterocycles. The van der Waals surface area contributed by atoms with E-state index in [9.17, 15) is 8.42 Å². The second kappa shape index (κ2) is 3.18. The zero-order valence-electron chi connectivity index (χ0n) is 2.81. The zero-order chi connectivity index (χ0) is 4.99. The largest absolute Gasteiger partial charge is 0.219 e. The Labute approximate surface area is 42.3 Å². The molecule has 0 heterocycles. The summed E-state index contributed by atoms with van der Waals surface area (Å²) in [5, 5.41) is 1.89. The fourth-order valence-corrected chi connectivity index (χ4v) is 0.401. The number of hydrogen-bond acceptors (Lipinski definition) is 2. The van der Waals surface area contributed by atoms with Gasteiger partial charge in [-0.05, 0) is 0 Å². The van der Waals surface area contributed by atoms with Crippen molar-refractivity contribution in [2.75, 3.05) is 5.88 Å². The molecule has 0 aromatic rings. The molecule has 2 nitrogen and oxygen atoms in total. The average Bonchev–Trinajstić information content (AvgIpc) is 1.35. The van der Waals surface area contributed by atoms with Crippen LogP contribution in [0.3, 0.4) is 0 Å². The van der Waals surface area contributed by atoms with Gasteiger partial charge in [0.05, 0.1) is 5.88 Å². The lowest BCUT2D eigenvalue weighted by Crippen LogP contribution is -1.71. The summed E-state index contributed by atoms with van der Waals surface area (Å²) in [5.74, 6) is -0.0594. The lowest BCUT2D eigenvalue weighted by Gasteiger charge is -1.53. The van der Waals surface area contributed by atoms with Crippen LogP contribution in [0, 0.1) is 0 Å². The summed E-state index contributed by atoms with van der Waals surface area (Å²) in [6, 6.07) is 0. The molecule has 4 heteroatoms. The smallest absolute Gasteiger partial charge is 0.184 e. The van der Waals surface area contributed by atoms with Gasteiger partial charge in [0.2, 0.25) is 10.3 Å². The van der Waals surface area contributed by atoms with Crippen LogP contribution in [0.1, 0.15) is 0 Å². The van der Waals surface area contributed by atoms with Crippen molar-refractivity contribution in [1.29, 1.82) is 0 Å². The highest BCUT2D eigenvalue weighted by Gasteiger charge is 1.65. The molecule has 0 bridgehead atoms. The van der Waals surface area contributed by atoms with Crippen LogP contribution in [-0.2, 0) is 10.3 Å². The van der Waals surface area contributed by atoms with Crippen molar-refractivity contribution < 1.29 is 8.42 Å². The first-order chi connectivity index (χ1) is 2.77. The zero-order valence-corrected chi connectivity index (χ0v) is 4.38. The van der Waals surface area contributed by atoms with Crippen LogP contribution < -0.4 is 0 Å². The molecule has 0 atom stereocenters. The summed E-state index contributed by atoms with van der Waals surface area (Å²) in [6.45, 7) is 0. The van der Waals surface area contributed by atoms with E-state index in [0.717, 1.165) is 0 Å². The normalized spacial score (nSPS) is 7.50. The molecule has 0 rings (SSSR count). The molecule has 0 unspecified atom stereocenters. The Morgan fingerprint density at radius 1 is 1.67 bits per heavy atom. The van der Waals surface area contributed by atoms with Gasteiger partial charge in [0.25, 0.3) is 0 Å². The summed E-state index contributed by atoms with van der Waals surface area (Å²) in [6.07, 6.45) is 0. The van der Waals surface area contributed by atoms with E-state index >= 15 is 0 Å². The van der Waals surface area contributed by atoms with E-state index in [-0.39, 0.29) is 5.88 Å². The minimum atomic E-state index is -2.20. The average molecular weight is 126 g/mol. The molecule has 0 aliphatic carbocycles. The van der Waals surface area contributed by atoms with E-state index in [1.165, 1.54) is 0 Å². The Bertz CT molecular complexity index is 126. The van der Waals surface area contributed by atoms with Crippen molar-refractivity contribution in [1.82, 2.24) is 0 Å². The molecular formula is C2H2ClO2S. The molecular weight excluding hydrogens is 124 g/mol. The van der Waals surface area contributed by atoms with Gasteiger partial charge >= 0.3 is 0 Å². The molecule has 0 saturated carbocycles. The second-order valence-corrected chi connectivity index (χ2v) is 1.54. The van der Waals surface area contributed by atoms with Crippen molar-refractivity contribution in [3.05, 3.63) is 0 Å². The molecule has 0 aliphatic rings. The first-order valence-electron chi connectivity index (χ1n) is 1.16. The third-order valence-corrected chi connectivity index (χ3v) is 0.845. The summed E-state index contributed by atoms with van der Waals surface area (Å²) < 4.78 is 18.8. The fourth-order valence-electron chi connectivity index (χ4n) is 0.0445. The third kappa shape index (κ3) is 3.98. The maximum atomic E-state index is 9.40. The molecule has 0 N–H and O–H groups in total. The van der Waals surface area contributed by atoms with Crippen LogP contribution in [0.5, 0.6) is 0 Å². The molecule has 1 radical (unpaired) electrons. The van der Waals surface area contributed by atoms with Crippen molar-refractivity contribution >= 4 is 27.3 Å². The lowest BCUT2D eigenvalue weighted by molar-refractivity contribution is 0.627. The minimum Gasteiger partial charge on any atom is -0.184 e. The maximum absolute atomic E-state index is 9.40. The van der Waals surface area contributed by atoms with Gasteiger partial charge in [0, 0.05) is 0 Å². The molecule has 0 saturated heterocycles. The van der Waals surface area contributed by atoms with E-state index in [2.05, 4.69) is 0 Å². The quantitative estimate of drug-likeness (QED) is 0.359. The minimum absolute atomic E-state index is 0.0594. The van der Waals surface area contributed by atoms with Crippen molar-refractivity contribution in [2.24, 2.45) is 0 Å². The monoisotopic (exact) mass is 125 g/mol. The van der Waals surface area contributed by atoms with E-state index in [1.807, 2.05) is 5.37 Å². The fraction of sp³-hybridized carbons (Fsp3) is 0.500. The summed E-state index contributed by atoms with van der Waals surface area (Å²) >= 11 is 4.89. The first-order valence-corrected chi connectivity index (χ1v) is 2.77. The highest BCUT2D eigenvalue weighted by atomic mass is 35.5. The number of hydrogen-bond donors (Lipinski definition) is 0. The first kappa shape index (κ1) is 5.98. The SMILES string of the molecule is O=S(=O)=[C]CCl. The van der Waals surface area contributed by atoms with Gasteiger partial charge in [-0.15, -0.1) is 11.6 Å². The topological polar surface area (TPSA) is 34.1 Å². The van der Waals surface area contributed by atoms with E-state index in [0.29, 0.717) is 0 Å². The molecule has 0 fully saturated rings. The summed E-state index contributed by atoms with van der Waals surface area (Å²) in [7, 11) is -2.20. The Hall–Kier alpha value is -0.0200. The van der Waals surface area contributed by atoms with Gasteiger partial charge in [-0.3, -0.25) is 0 Å². The van der Waals surface area contributed by atoms with Crippen molar-refractivity contribution in [3.8, 4) is 0 Å². The molecule has 0 aromatic carbocycles. The summed E-state index contributed by atoms with van der Waals surface area (Å²) in [4.78, 5) is 0. The maximum Gasteiger partial charge on any atom is 0.219 e. The van der Waals surface area contributed by atoms with Crippen LogP contribution >= 0.6 is 11.6 Å². The van der Waals surface area contributed by atoms with Crippen molar-refractivity contribution in [2.45, 2.75) is 0 Å². The standard InChI is InChI=1S/C2H2ClO2S/c3-1-2-6(4)5/h1H2. The molecule has 35 valence electrons.